The molecule has 0 unspecified atom stereocenters. The molecule has 1 aliphatic heterocycles. The minimum atomic E-state index is -4.68. The van der Waals surface area contributed by atoms with E-state index in [1.54, 1.807) is 36.4 Å². The van der Waals surface area contributed by atoms with Gasteiger partial charge in [0.05, 0.1) is 23.2 Å². The van der Waals surface area contributed by atoms with Crippen molar-refractivity contribution in [2.24, 2.45) is 0 Å². The van der Waals surface area contributed by atoms with Crippen molar-refractivity contribution in [2.45, 2.75) is 58.2 Å². The highest BCUT2D eigenvalue weighted by molar-refractivity contribution is 7.92. The van der Waals surface area contributed by atoms with E-state index < -0.39 is 21.8 Å². The van der Waals surface area contributed by atoms with E-state index in [1.165, 1.54) is 7.05 Å². The van der Waals surface area contributed by atoms with Crippen LogP contribution in [0.4, 0.5) is 30.5 Å². The maximum Gasteiger partial charge on any atom is 0.419 e. The number of nitrogens with zero attached hydrogens (tertiary/aromatic N) is 3. The van der Waals surface area contributed by atoms with Crippen molar-refractivity contribution in [2.75, 3.05) is 36.1 Å². The molecule has 232 valence electrons. The van der Waals surface area contributed by atoms with E-state index in [9.17, 15) is 26.4 Å². The number of sulfonamides is 1. The van der Waals surface area contributed by atoms with Crippen molar-refractivity contribution in [1.29, 1.82) is 0 Å². The third-order valence-electron chi connectivity index (χ3n) is 7.43. The van der Waals surface area contributed by atoms with Crippen LogP contribution < -0.4 is 14.9 Å². The Balaban J connectivity index is 1.58. The summed E-state index contributed by atoms with van der Waals surface area (Å²) in [5.41, 5.74) is 2.44. The summed E-state index contributed by atoms with van der Waals surface area (Å²) in [5, 5.41) is 6.05. The Morgan fingerprint density at radius 3 is 2.47 bits per heavy atom. The van der Waals surface area contributed by atoms with Crippen molar-refractivity contribution in [3.05, 3.63) is 76.1 Å². The number of rotatable bonds is 10. The Labute approximate surface area is 249 Å². The van der Waals surface area contributed by atoms with Crippen LogP contribution >= 0.6 is 0 Å². The molecule has 4 rings (SSSR count). The lowest BCUT2D eigenvalue weighted by Crippen LogP contribution is -2.38. The van der Waals surface area contributed by atoms with E-state index in [2.05, 4.69) is 20.6 Å². The van der Waals surface area contributed by atoms with E-state index in [1.807, 2.05) is 13.8 Å². The highest BCUT2D eigenvalue weighted by Gasteiger charge is 2.35. The fraction of sp³-hybridized carbons (Fsp3) is 0.433. The van der Waals surface area contributed by atoms with Gasteiger partial charge < -0.3 is 15.4 Å². The third kappa shape index (κ3) is 8.23. The van der Waals surface area contributed by atoms with Crippen LogP contribution in [0.2, 0.25) is 0 Å². The summed E-state index contributed by atoms with van der Waals surface area (Å²) < 4.78 is 72.6. The SMILES string of the molecule is CCc1cc(C(=O)NC2CCOCC2)ccc1Nc1ncc(C(F)(F)F)c(CCc2ccc(C)cc2N(C)S(C)(=O)=O)n1. The quantitative estimate of drug-likeness (QED) is 0.321. The van der Waals surface area contributed by atoms with Gasteiger partial charge in [0.15, 0.2) is 0 Å². The zero-order valence-corrected chi connectivity index (χ0v) is 25.4. The molecule has 2 aromatic carbocycles. The van der Waals surface area contributed by atoms with E-state index >= 15 is 0 Å². The van der Waals surface area contributed by atoms with Crippen LogP contribution in [0, 0.1) is 6.92 Å². The fourth-order valence-electron chi connectivity index (χ4n) is 4.90. The van der Waals surface area contributed by atoms with Crippen molar-refractivity contribution >= 4 is 33.3 Å². The summed E-state index contributed by atoms with van der Waals surface area (Å²) in [6.07, 6.45) is -0.792. The lowest BCUT2D eigenvalue weighted by Gasteiger charge is -2.23. The molecule has 1 aromatic heterocycles. The molecular formula is C30H36F3N5O4S. The van der Waals surface area contributed by atoms with E-state index in [4.69, 9.17) is 4.74 Å². The van der Waals surface area contributed by atoms with E-state index in [0.717, 1.165) is 40.7 Å². The number of ether oxygens (including phenoxy) is 1. The van der Waals surface area contributed by atoms with Crippen molar-refractivity contribution < 1.29 is 31.1 Å². The lowest BCUT2D eigenvalue weighted by molar-refractivity contribution is -0.138. The molecular weight excluding hydrogens is 583 g/mol. The van der Waals surface area contributed by atoms with Crippen molar-refractivity contribution in [1.82, 2.24) is 15.3 Å². The van der Waals surface area contributed by atoms with Gasteiger partial charge in [-0.05, 0) is 80.0 Å². The molecule has 1 fully saturated rings. The number of carbonyl (C=O) groups is 1. The van der Waals surface area contributed by atoms with Crippen LogP contribution in [-0.4, -0.2) is 56.9 Å². The Bertz CT molecular complexity index is 1570. The summed E-state index contributed by atoms with van der Waals surface area (Å²) in [7, 11) is -2.18. The van der Waals surface area contributed by atoms with Gasteiger partial charge in [-0.25, -0.2) is 18.4 Å². The van der Waals surface area contributed by atoms with Gasteiger partial charge in [0, 0.05) is 43.8 Å². The maximum absolute atomic E-state index is 13.9. The van der Waals surface area contributed by atoms with Crippen LogP contribution in [0.1, 0.15) is 58.1 Å². The van der Waals surface area contributed by atoms with Crippen LogP contribution in [0.25, 0.3) is 0 Å². The average Bonchev–Trinajstić information content (AvgIpc) is 2.95. The molecule has 0 spiro atoms. The van der Waals surface area contributed by atoms with Crippen molar-refractivity contribution in [3.63, 3.8) is 0 Å². The molecule has 1 saturated heterocycles. The fourth-order valence-corrected chi connectivity index (χ4v) is 5.42. The first-order chi connectivity index (χ1) is 20.3. The van der Waals surface area contributed by atoms with Gasteiger partial charge in [-0.3, -0.25) is 9.10 Å². The number of hydrogen-bond donors (Lipinski definition) is 2. The summed E-state index contributed by atoms with van der Waals surface area (Å²) in [6, 6.07) is 10.3. The maximum atomic E-state index is 13.9. The normalized spacial score (nSPS) is 14.4. The number of benzene rings is 2. The number of amides is 1. The predicted octanol–water partition coefficient (Wildman–Crippen LogP) is 5.20. The predicted molar refractivity (Wildman–Crippen MR) is 159 cm³/mol. The average molecular weight is 620 g/mol. The smallest absolute Gasteiger partial charge is 0.381 e. The second-order valence-electron chi connectivity index (χ2n) is 10.6. The molecule has 0 bridgehead atoms. The van der Waals surface area contributed by atoms with E-state index in [-0.39, 0.29) is 36.4 Å². The lowest BCUT2D eigenvalue weighted by atomic mass is 10.0. The Morgan fingerprint density at radius 2 is 1.81 bits per heavy atom. The topological polar surface area (TPSA) is 114 Å². The molecule has 1 aliphatic rings. The number of aromatic nitrogens is 2. The summed E-state index contributed by atoms with van der Waals surface area (Å²) in [6.45, 7) is 4.93. The Hall–Kier alpha value is -3.71. The molecule has 9 nitrogen and oxygen atoms in total. The second-order valence-corrected chi connectivity index (χ2v) is 12.6. The van der Waals surface area contributed by atoms with Crippen molar-refractivity contribution in [3.8, 4) is 0 Å². The van der Waals surface area contributed by atoms with Gasteiger partial charge in [-0.1, -0.05) is 19.1 Å². The number of halogens is 3. The molecule has 3 aromatic rings. The first-order valence-electron chi connectivity index (χ1n) is 14.0. The molecule has 1 amide bonds. The molecule has 2 heterocycles. The number of aryl methyl sites for hydroxylation is 4. The molecule has 0 atom stereocenters. The first-order valence-corrected chi connectivity index (χ1v) is 15.9. The van der Waals surface area contributed by atoms with Crippen LogP contribution in [-0.2, 0) is 40.2 Å². The second kappa shape index (κ2) is 13.3. The number of alkyl halides is 3. The summed E-state index contributed by atoms with van der Waals surface area (Å²) in [5.74, 6) is -0.215. The third-order valence-corrected chi connectivity index (χ3v) is 8.62. The minimum absolute atomic E-state index is 0.0190. The van der Waals surface area contributed by atoms with Gasteiger partial charge in [-0.15, -0.1) is 0 Å². The monoisotopic (exact) mass is 619 g/mol. The van der Waals surface area contributed by atoms with Crippen LogP contribution in [0.3, 0.4) is 0 Å². The van der Waals surface area contributed by atoms with Gasteiger partial charge in [-0.2, -0.15) is 13.2 Å². The standard InChI is InChI=1S/C30H36F3N5O4S/c1-5-20-17-22(28(39)35-23-12-14-42-15-13-23)9-10-25(20)36-29-34-18-24(30(31,32)33)26(37-29)11-8-21-7-6-19(2)16-27(21)38(3)43(4,40)41/h6-7,9-10,16-18,23H,5,8,11-15H2,1-4H3,(H,35,39)(H,34,36,37). The molecule has 0 aliphatic carbocycles. The first kappa shape index (κ1) is 32.2. The highest BCUT2D eigenvalue weighted by Crippen LogP contribution is 2.33. The van der Waals surface area contributed by atoms with E-state index in [0.29, 0.717) is 42.1 Å². The summed E-state index contributed by atoms with van der Waals surface area (Å²) in [4.78, 5) is 21.0. The molecule has 0 radical (unpaired) electrons. The zero-order chi connectivity index (χ0) is 31.4. The summed E-state index contributed by atoms with van der Waals surface area (Å²) >= 11 is 0. The number of anilines is 3. The highest BCUT2D eigenvalue weighted by atomic mass is 32.2. The van der Waals surface area contributed by atoms with Gasteiger partial charge >= 0.3 is 6.18 Å². The van der Waals surface area contributed by atoms with Gasteiger partial charge in [0.1, 0.15) is 0 Å². The number of carbonyl (C=O) groups excluding carboxylic acids is 1. The molecule has 0 saturated carbocycles. The largest absolute Gasteiger partial charge is 0.419 e. The zero-order valence-electron chi connectivity index (χ0n) is 24.6. The Kier molecular flexibility index (Phi) is 9.96. The number of nitrogens with one attached hydrogen (secondary N) is 2. The minimum Gasteiger partial charge on any atom is -0.381 e. The van der Waals surface area contributed by atoms with Gasteiger partial charge in [0.2, 0.25) is 16.0 Å². The Morgan fingerprint density at radius 1 is 1.09 bits per heavy atom. The van der Waals surface area contributed by atoms with Crippen LogP contribution in [0.5, 0.6) is 0 Å². The number of hydrogen-bond acceptors (Lipinski definition) is 7. The van der Waals surface area contributed by atoms with Gasteiger partial charge in [0.25, 0.3) is 5.91 Å². The van der Waals surface area contributed by atoms with Crippen LogP contribution in [0.15, 0.2) is 42.6 Å². The molecule has 2 N–H and O–H groups in total. The molecule has 13 heteroatoms. The molecule has 43 heavy (non-hydrogen) atoms.